The average Bonchev–Trinajstić information content (AvgIpc) is 3.06. The fraction of sp³-hybridized carbons (Fsp3) is 0.926. The summed E-state index contributed by atoms with van der Waals surface area (Å²) in [6.07, 6.45) is 12.1. The second-order valence-electron chi connectivity index (χ2n) is 12.5. The van der Waals surface area contributed by atoms with Crippen LogP contribution in [0.1, 0.15) is 85.5 Å². The van der Waals surface area contributed by atoms with Gasteiger partial charge in [0.15, 0.2) is 9.84 Å². The highest BCUT2D eigenvalue weighted by molar-refractivity contribution is 7.93. The number of hydrogen-bond acceptors (Lipinski definition) is 4. The number of sulfone groups is 1. The van der Waals surface area contributed by atoms with Gasteiger partial charge in [0.2, 0.25) is 0 Å². The number of allylic oxidation sites excluding steroid dienone is 1. The summed E-state index contributed by atoms with van der Waals surface area (Å²) in [6.45, 7) is 9.49. The van der Waals surface area contributed by atoms with Crippen LogP contribution >= 0.6 is 0 Å². The van der Waals surface area contributed by atoms with Gasteiger partial charge in [0.05, 0.1) is 12.2 Å². The zero-order valence-electron chi connectivity index (χ0n) is 20.8. The first-order valence-corrected chi connectivity index (χ1v) is 15.1. The van der Waals surface area contributed by atoms with Crippen molar-refractivity contribution in [1.29, 1.82) is 0 Å². The summed E-state index contributed by atoms with van der Waals surface area (Å²) in [4.78, 5) is 0. The summed E-state index contributed by atoms with van der Waals surface area (Å²) in [6, 6.07) is 0. The molecule has 4 nitrogen and oxygen atoms in total. The van der Waals surface area contributed by atoms with E-state index in [1.165, 1.54) is 37.3 Å². The van der Waals surface area contributed by atoms with Crippen LogP contribution in [0.3, 0.4) is 0 Å². The van der Waals surface area contributed by atoms with Crippen LogP contribution < -0.4 is 0 Å². The maximum Gasteiger partial charge on any atom is 0.168 e. The fourth-order valence-electron chi connectivity index (χ4n) is 9.54. The van der Waals surface area contributed by atoms with Crippen molar-refractivity contribution in [3.63, 3.8) is 0 Å². The minimum absolute atomic E-state index is 0.198. The molecule has 4 aliphatic carbocycles. The van der Waals surface area contributed by atoms with Gasteiger partial charge in [-0.15, -0.1) is 0 Å². The van der Waals surface area contributed by atoms with Crippen LogP contribution in [-0.4, -0.2) is 37.1 Å². The van der Waals surface area contributed by atoms with Gasteiger partial charge in [0, 0.05) is 11.7 Å². The first kappa shape index (κ1) is 24.7. The van der Waals surface area contributed by atoms with Gasteiger partial charge in [-0.05, 0) is 104 Å². The largest absolute Gasteiger partial charge is 0.393 e. The SMILES string of the molecule is CC[C@H]1[C@@H](O)[C@@H]2[C@H](CC[C@]3(C)[C@@H]([C@H](C)C/C=C/S(C)(=O)=O)CC[C@@H]23)[C@@]2(C)CC[C@@H](O)C[C@@H]12. The third kappa shape index (κ3) is 4.02. The summed E-state index contributed by atoms with van der Waals surface area (Å²) in [5.74, 6) is 3.27. The van der Waals surface area contributed by atoms with Crippen LogP contribution in [0, 0.1) is 52.3 Å². The maximum atomic E-state index is 11.8. The molecule has 4 saturated carbocycles. The topological polar surface area (TPSA) is 74.6 Å². The van der Waals surface area contributed by atoms with E-state index in [2.05, 4.69) is 27.7 Å². The number of hydrogen-bond donors (Lipinski definition) is 2. The summed E-state index contributed by atoms with van der Waals surface area (Å²) in [7, 11) is -3.07. The van der Waals surface area contributed by atoms with Crippen LogP contribution in [0.5, 0.6) is 0 Å². The summed E-state index contributed by atoms with van der Waals surface area (Å²) in [5, 5.41) is 23.6. The third-order valence-corrected chi connectivity index (χ3v) is 11.7. The molecule has 184 valence electrons. The Kier molecular flexibility index (Phi) is 6.71. The maximum absolute atomic E-state index is 11.8. The summed E-state index contributed by atoms with van der Waals surface area (Å²) >= 11 is 0. The van der Waals surface area contributed by atoms with Crippen molar-refractivity contribution in [2.45, 2.75) is 97.7 Å². The molecule has 0 aromatic carbocycles. The Labute approximate surface area is 196 Å². The molecule has 0 aliphatic heterocycles. The molecule has 0 amide bonds. The Balaban J connectivity index is 1.59. The second-order valence-corrected chi connectivity index (χ2v) is 14.5. The quantitative estimate of drug-likeness (QED) is 0.584. The van der Waals surface area contributed by atoms with Gasteiger partial charge in [-0.1, -0.05) is 40.2 Å². The van der Waals surface area contributed by atoms with Crippen molar-refractivity contribution in [2.24, 2.45) is 52.3 Å². The summed E-state index contributed by atoms with van der Waals surface area (Å²) < 4.78 is 23.0. The molecule has 11 atom stereocenters. The average molecular weight is 467 g/mol. The van der Waals surface area contributed by atoms with E-state index < -0.39 is 9.84 Å². The Hall–Kier alpha value is -0.390. The van der Waals surface area contributed by atoms with Gasteiger partial charge < -0.3 is 10.2 Å². The minimum atomic E-state index is -3.07. The Morgan fingerprint density at radius 2 is 1.66 bits per heavy atom. The molecule has 32 heavy (non-hydrogen) atoms. The molecule has 4 aliphatic rings. The van der Waals surface area contributed by atoms with Crippen molar-refractivity contribution >= 4 is 9.84 Å². The zero-order chi connectivity index (χ0) is 23.5. The van der Waals surface area contributed by atoms with E-state index in [0.717, 1.165) is 32.1 Å². The van der Waals surface area contributed by atoms with E-state index in [1.54, 1.807) is 0 Å². The normalized spacial score (nSPS) is 50.0. The smallest absolute Gasteiger partial charge is 0.168 e. The fourth-order valence-corrected chi connectivity index (χ4v) is 10.0. The molecule has 4 fully saturated rings. The molecule has 0 radical (unpaired) electrons. The van der Waals surface area contributed by atoms with E-state index in [9.17, 15) is 18.6 Å². The van der Waals surface area contributed by atoms with Crippen LogP contribution in [0.2, 0.25) is 0 Å². The second kappa shape index (κ2) is 8.68. The number of rotatable bonds is 5. The van der Waals surface area contributed by atoms with Crippen molar-refractivity contribution in [3.8, 4) is 0 Å². The molecule has 0 bridgehead atoms. The lowest BCUT2D eigenvalue weighted by atomic mass is 9.41. The molecule has 2 N–H and O–H groups in total. The highest BCUT2D eigenvalue weighted by atomic mass is 32.2. The van der Waals surface area contributed by atoms with E-state index in [-0.39, 0.29) is 23.0 Å². The van der Waals surface area contributed by atoms with Crippen molar-refractivity contribution < 1.29 is 18.6 Å². The van der Waals surface area contributed by atoms with Crippen LogP contribution in [-0.2, 0) is 9.84 Å². The van der Waals surface area contributed by atoms with Gasteiger partial charge in [-0.25, -0.2) is 8.42 Å². The predicted octanol–water partition coefficient (Wildman–Crippen LogP) is 5.20. The Morgan fingerprint density at radius 3 is 2.31 bits per heavy atom. The monoisotopic (exact) mass is 466 g/mol. The van der Waals surface area contributed by atoms with Crippen LogP contribution in [0.25, 0.3) is 0 Å². The van der Waals surface area contributed by atoms with Gasteiger partial charge in [0.1, 0.15) is 0 Å². The molecular formula is C27H46O4S. The molecular weight excluding hydrogens is 420 g/mol. The lowest BCUT2D eigenvalue weighted by Crippen LogP contribution is -2.62. The lowest BCUT2D eigenvalue weighted by molar-refractivity contribution is -0.203. The molecule has 0 saturated heterocycles. The van der Waals surface area contributed by atoms with Crippen molar-refractivity contribution in [2.75, 3.05) is 6.26 Å². The van der Waals surface area contributed by atoms with Crippen molar-refractivity contribution in [1.82, 2.24) is 0 Å². The van der Waals surface area contributed by atoms with E-state index in [0.29, 0.717) is 41.4 Å². The standard InChI is InChI=1S/C27H46O4S/c1-6-19-23-16-18(28)11-13-27(23,4)22-12-14-26(3)20(9-10-21(26)24(22)25(19)29)17(2)8-7-15-32(5,30)31/h7,15,17-25,28-29H,6,8-14,16H2,1-5H3/b15-7+/t17-,18-,19-,20-,21+,22+,23+,24+,25-,26-,27-/m1/s1. The molecule has 4 rings (SSSR count). The van der Waals surface area contributed by atoms with Gasteiger partial charge in [0.25, 0.3) is 0 Å². The third-order valence-electron chi connectivity index (χ3n) is 11.0. The number of aliphatic hydroxyl groups is 2. The Bertz CT molecular complexity index is 822. The predicted molar refractivity (Wildman–Crippen MR) is 130 cm³/mol. The molecule has 0 aromatic rings. The highest BCUT2D eigenvalue weighted by Crippen LogP contribution is 2.69. The molecule has 5 heteroatoms. The lowest BCUT2D eigenvalue weighted by Gasteiger charge is -2.64. The zero-order valence-corrected chi connectivity index (χ0v) is 21.7. The number of fused-ring (bicyclic) bond motifs is 5. The van der Waals surface area contributed by atoms with E-state index in [1.807, 2.05) is 6.08 Å². The van der Waals surface area contributed by atoms with Crippen molar-refractivity contribution in [3.05, 3.63) is 11.5 Å². The minimum Gasteiger partial charge on any atom is -0.393 e. The van der Waals surface area contributed by atoms with Gasteiger partial charge in [-0.2, -0.15) is 0 Å². The van der Waals surface area contributed by atoms with Gasteiger partial charge in [-0.3, -0.25) is 0 Å². The Morgan fingerprint density at radius 1 is 1.00 bits per heavy atom. The number of aliphatic hydroxyl groups excluding tert-OH is 2. The van der Waals surface area contributed by atoms with E-state index in [4.69, 9.17) is 0 Å². The van der Waals surface area contributed by atoms with Gasteiger partial charge >= 0.3 is 0 Å². The van der Waals surface area contributed by atoms with Crippen LogP contribution in [0.4, 0.5) is 0 Å². The first-order chi connectivity index (χ1) is 14.9. The van der Waals surface area contributed by atoms with E-state index >= 15 is 0 Å². The molecule has 0 unspecified atom stereocenters. The molecule has 0 heterocycles. The molecule has 0 spiro atoms. The van der Waals surface area contributed by atoms with Crippen LogP contribution in [0.15, 0.2) is 11.5 Å². The first-order valence-electron chi connectivity index (χ1n) is 13.1. The highest BCUT2D eigenvalue weighted by Gasteiger charge is 2.64. The molecule has 0 aromatic heterocycles. The summed E-state index contributed by atoms with van der Waals surface area (Å²) in [5.41, 5.74) is 0.475.